The van der Waals surface area contributed by atoms with Gasteiger partial charge >= 0.3 is 0 Å². The Bertz CT molecular complexity index is 1210. The van der Waals surface area contributed by atoms with E-state index in [0.29, 0.717) is 62.1 Å². The van der Waals surface area contributed by atoms with Crippen molar-refractivity contribution >= 4 is 40.3 Å². The van der Waals surface area contributed by atoms with Crippen LogP contribution in [-0.2, 0) is 15.1 Å². The number of rotatable bonds is 5. The molecule has 1 saturated carbocycles. The standard InChI is InChI=1S/C24H29N7O3/c25-19-14-17-15-27-23(29-20(17)31(19)24(22(26)33)8-2-1-3-9-24)28-18-6-4-16(5-7-18)21(32)30-10-12-34-13-11-30/h4-7,14-15H,1-3,8-13,25H2,(H2,26,33)(H,27,28,29). The molecule has 10 nitrogen and oxygen atoms in total. The van der Waals surface area contributed by atoms with Crippen molar-refractivity contribution in [3.8, 4) is 0 Å². The SMILES string of the molecule is NC(=O)C1(n2c(N)cc3cnc(Nc4ccc(C(=O)N5CCOCC5)cc4)nc32)CCCCC1. The molecule has 2 fully saturated rings. The lowest BCUT2D eigenvalue weighted by Gasteiger charge is -2.36. The second-order valence-corrected chi connectivity index (χ2v) is 8.94. The molecule has 0 spiro atoms. The number of primary amides is 1. The maximum absolute atomic E-state index is 12.7. The van der Waals surface area contributed by atoms with Gasteiger partial charge in [-0.05, 0) is 43.2 Å². The van der Waals surface area contributed by atoms with E-state index in [0.717, 1.165) is 30.3 Å². The summed E-state index contributed by atoms with van der Waals surface area (Å²) in [4.78, 5) is 36.1. The maximum Gasteiger partial charge on any atom is 0.254 e. The zero-order valence-electron chi connectivity index (χ0n) is 19.0. The first kappa shape index (κ1) is 22.1. The molecule has 1 saturated heterocycles. The number of nitrogen functional groups attached to an aromatic ring is 1. The molecule has 178 valence electrons. The lowest BCUT2D eigenvalue weighted by Crippen LogP contribution is -2.48. The van der Waals surface area contributed by atoms with Crippen molar-refractivity contribution in [2.24, 2.45) is 5.73 Å². The van der Waals surface area contributed by atoms with Crippen LogP contribution < -0.4 is 16.8 Å². The molecule has 34 heavy (non-hydrogen) atoms. The number of anilines is 3. The van der Waals surface area contributed by atoms with Gasteiger partial charge in [-0.2, -0.15) is 4.98 Å². The summed E-state index contributed by atoms with van der Waals surface area (Å²) in [5.74, 6) is 0.428. The highest BCUT2D eigenvalue weighted by molar-refractivity contribution is 5.94. The Morgan fingerprint density at radius 1 is 1.06 bits per heavy atom. The van der Waals surface area contributed by atoms with Crippen molar-refractivity contribution in [2.45, 2.75) is 37.6 Å². The number of fused-ring (bicyclic) bond motifs is 1. The van der Waals surface area contributed by atoms with Gasteiger partial charge in [0.15, 0.2) is 0 Å². The molecule has 0 radical (unpaired) electrons. The summed E-state index contributed by atoms with van der Waals surface area (Å²) in [7, 11) is 0. The summed E-state index contributed by atoms with van der Waals surface area (Å²) >= 11 is 0. The zero-order valence-corrected chi connectivity index (χ0v) is 19.0. The molecule has 2 aliphatic rings. The molecule has 5 N–H and O–H groups in total. The molecule has 2 amide bonds. The number of morpholine rings is 1. The summed E-state index contributed by atoms with van der Waals surface area (Å²) in [6.45, 7) is 2.33. The van der Waals surface area contributed by atoms with Gasteiger partial charge in [0.25, 0.3) is 5.91 Å². The molecule has 0 bridgehead atoms. The lowest BCUT2D eigenvalue weighted by atomic mass is 9.80. The Morgan fingerprint density at radius 2 is 1.76 bits per heavy atom. The topological polar surface area (TPSA) is 141 Å². The van der Waals surface area contributed by atoms with Gasteiger partial charge in [0, 0.05) is 35.9 Å². The summed E-state index contributed by atoms with van der Waals surface area (Å²) in [5.41, 5.74) is 13.3. The van der Waals surface area contributed by atoms with E-state index in [2.05, 4.69) is 15.3 Å². The molecule has 10 heteroatoms. The molecule has 1 aromatic carbocycles. The highest BCUT2D eigenvalue weighted by atomic mass is 16.5. The van der Waals surface area contributed by atoms with Gasteiger partial charge in [-0.15, -0.1) is 0 Å². The van der Waals surface area contributed by atoms with Crippen molar-refractivity contribution in [3.63, 3.8) is 0 Å². The Morgan fingerprint density at radius 3 is 2.44 bits per heavy atom. The molecule has 0 unspecified atom stereocenters. The Hall–Kier alpha value is -3.66. The predicted octanol–water partition coefficient (Wildman–Crippen LogP) is 2.37. The first-order valence-corrected chi connectivity index (χ1v) is 11.7. The first-order chi connectivity index (χ1) is 16.5. The van der Waals surface area contributed by atoms with E-state index >= 15 is 0 Å². The smallest absolute Gasteiger partial charge is 0.254 e. The molecule has 2 aromatic heterocycles. The molecule has 1 aliphatic carbocycles. The number of nitrogens with two attached hydrogens (primary N) is 2. The van der Waals surface area contributed by atoms with Crippen LogP contribution in [0.15, 0.2) is 36.5 Å². The monoisotopic (exact) mass is 463 g/mol. The molecule has 3 heterocycles. The quantitative estimate of drug-likeness (QED) is 0.527. The minimum Gasteiger partial charge on any atom is -0.385 e. The van der Waals surface area contributed by atoms with Crippen LogP contribution in [0.3, 0.4) is 0 Å². The summed E-state index contributed by atoms with van der Waals surface area (Å²) in [6, 6.07) is 8.98. The van der Waals surface area contributed by atoms with Crippen LogP contribution in [0.4, 0.5) is 17.5 Å². The van der Waals surface area contributed by atoms with Crippen LogP contribution in [0.1, 0.15) is 42.5 Å². The number of nitrogens with zero attached hydrogens (tertiary/aromatic N) is 4. The van der Waals surface area contributed by atoms with Crippen molar-refractivity contribution in [1.82, 2.24) is 19.4 Å². The number of amides is 2. The van der Waals surface area contributed by atoms with Crippen LogP contribution in [0.2, 0.25) is 0 Å². The van der Waals surface area contributed by atoms with Gasteiger partial charge in [-0.3, -0.25) is 14.2 Å². The van der Waals surface area contributed by atoms with E-state index < -0.39 is 5.54 Å². The number of nitrogens with one attached hydrogen (secondary N) is 1. The predicted molar refractivity (Wildman–Crippen MR) is 129 cm³/mol. The van der Waals surface area contributed by atoms with Gasteiger partial charge in [0.05, 0.1) is 13.2 Å². The fourth-order valence-electron chi connectivity index (χ4n) is 5.01. The van der Waals surface area contributed by atoms with E-state index in [4.69, 9.17) is 16.2 Å². The Balaban J connectivity index is 1.41. The Labute approximate surface area is 197 Å². The van der Waals surface area contributed by atoms with Gasteiger partial charge in [0.2, 0.25) is 11.9 Å². The summed E-state index contributed by atoms with van der Waals surface area (Å²) in [5, 5.41) is 3.94. The van der Waals surface area contributed by atoms with E-state index in [-0.39, 0.29) is 11.8 Å². The number of carbonyl (C=O) groups excluding carboxylic acids is 2. The maximum atomic E-state index is 12.7. The zero-order chi connectivity index (χ0) is 23.7. The highest BCUT2D eigenvalue weighted by Gasteiger charge is 2.42. The van der Waals surface area contributed by atoms with Crippen LogP contribution in [0, 0.1) is 0 Å². The van der Waals surface area contributed by atoms with Gasteiger partial charge in [-0.1, -0.05) is 19.3 Å². The number of aromatic nitrogens is 3. The third-order valence-corrected chi connectivity index (χ3v) is 6.82. The summed E-state index contributed by atoms with van der Waals surface area (Å²) < 4.78 is 7.11. The van der Waals surface area contributed by atoms with Gasteiger partial charge < -0.3 is 26.4 Å². The van der Waals surface area contributed by atoms with Crippen molar-refractivity contribution < 1.29 is 14.3 Å². The fourth-order valence-corrected chi connectivity index (χ4v) is 5.01. The average molecular weight is 464 g/mol. The van der Waals surface area contributed by atoms with E-state index in [1.807, 2.05) is 12.1 Å². The van der Waals surface area contributed by atoms with Crippen molar-refractivity contribution in [1.29, 1.82) is 0 Å². The third-order valence-electron chi connectivity index (χ3n) is 6.82. The molecule has 5 rings (SSSR count). The van der Waals surface area contributed by atoms with Crippen LogP contribution >= 0.6 is 0 Å². The first-order valence-electron chi connectivity index (χ1n) is 11.7. The molecular weight excluding hydrogens is 434 g/mol. The third kappa shape index (κ3) is 3.94. The number of carbonyl (C=O) groups is 2. The number of benzene rings is 1. The average Bonchev–Trinajstić information content (AvgIpc) is 3.20. The van der Waals surface area contributed by atoms with Crippen LogP contribution in [-0.4, -0.2) is 57.6 Å². The number of hydrogen-bond acceptors (Lipinski definition) is 7. The minimum atomic E-state index is -0.878. The van der Waals surface area contributed by atoms with Crippen molar-refractivity contribution in [3.05, 3.63) is 42.1 Å². The Kier molecular flexibility index (Phi) is 5.82. The fraction of sp³-hybridized carbons (Fsp3) is 0.417. The van der Waals surface area contributed by atoms with Gasteiger partial charge in [-0.25, -0.2) is 4.98 Å². The number of ether oxygens (including phenoxy) is 1. The van der Waals surface area contributed by atoms with Crippen LogP contribution in [0.5, 0.6) is 0 Å². The molecule has 1 aliphatic heterocycles. The molecule has 3 aromatic rings. The normalized spacial score (nSPS) is 18.1. The van der Waals surface area contributed by atoms with E-state index in [1.54, 1.807) is 33.9 Å². The molecular formula is C24H29N7O3. The second kappa shape index (κ2) is 8.94. The highest BCUT2D eigenvalue weighted by Crippen LogP contribution is 2.39. The number of hydrogen-bond donors (Lipinski definition) is 3. The second-order valence-electron chi connectivity index (χ2n) is 8.94. The van der Waals surface area contributed by atoms with Crippen LogP contribution in [0.25, 0.3) is 11.0 Å². The largest absolute Gasteiger partial charge is 0.385 e. The van der Waals surface area contributed by atoms with Crippen molar-refractivity contribution in [2.75, 3.05) is 37.4 Å². The molecule has 0 atom stereocenters. The summed E-state index contributed by atoms with van der Waals surface area (Å²) in [6.07, 6.45) is 5.86. The van der Waals surface area contributed by atoms with Gasteiger partial charge in [0.1, 0.15) is 17.0 Å². The lowest BCUT2D eigenvalue weighted by molar-refractivity contribution is -0.128. The minimum absolute atomic E-state index is 0.00921. The van der Waals surface area contributed by atoms with E-state index in [1.165, 1.54) is 0 Å². The van der Waals surface area contributed by atoms with E-state index in [9.17, 15) is 9.59 Å².